The molecule has 1 aliphatic carbocycles. The lowest BCUT2D eigenvalue weighted by Gasteiger charge is -2.49. The fraction of sp³-hybridized carbons (Fsp3) is 0.241. The molecule has 1 unspecified atom stereocenters. The third-order valence-electron chi connectivity index (χ3n) is 7.34. The van der Waals surface area contributed by atoms with E-state index in [0.717, 1.165) is 35.7 Å². The van der Waals surface area contributed by atoms with Crippen LogP contribution in [0.2, 0.25) is 0 Å². The number of nitrogens with zero attached hydrogens (tertiary/aromatic N) is 4. The van der Waals surface area contributed by atoms with Crippen LogP contribution in [-0.4, -0.2) is 60.0 Å². The number of β-lactam (4-membered cyclic amide) rings is 1. The Bertz CT molecular complexity index is 1690. The number of fused-ring (bicyclic) bond motifs is 2. The number of hydrogen-bond acceptors (Lipinski definition) is 10. The van der Waals surface area contributed by atoms with Gasteiger partial charge in [-0.15, -0.1) is 11.8 Å². The Morgan fingerprint density at radius 3 is 2.43 bits per heavy atom. The summed E-state index contributed by atoms with van der Waals surface area (Å²) in [4.78, 5) is 51.0. The molecule has 7 rings (SSSR count). The quantitative estimate of drug-likeness (QED) is 0.156. The summed E-state index contributed by atoms with van der Waals surface area (Å²) in [7, 11) is 0. The molecule has 2 amide bonds. The summed E-state index contributed by atoms with van der Waals surface area (Å²) in [6.07, 6.45) is 2.50. The van der Waals surface area contributed by atoms with Gasteiger partial charge in [0, 0.05) is 16.6 Å². The molecule has 4 aromatic rings. The van der Waals surface area contributed by atoms with Crippen LogP contribution in [0, 0.1) is 5.92 Å². The minimum absolute atomic E-state index is 0.0379. The zero-order chi connectivity index (χ0) is 28.8. The third kappa shape index (κ3) is 4.88. The molecule has 212 valence electrons. The molecule has 2 fully saturated rings. The van der Waals surface area contributed by atoms with Crippen LogP contribution in [-0.2, 0) is 19.1 Å². The first kappa shape index (κ1) is 26.5. The number of ether oxygens (including phenoxy) is 1. The number of thioether (sulfide) groups is 2. The molecule has 0 bridgehead atoms. The van der Waals surface area contributed by atoms with Gasteiger partial charge in [-0.1, -0.05) is 72.4 Å². The van der Waals surface area contributed by atoms with E-state index in [1.54, 1.807) is 6.20 Å². The molecule has 1 saturated carbocycles. The van der Waals surface area contributed by atoms with Gasteiger partial charge in [0.1, 0.15) is 22.9 Å². The predicted molar refractivity (Wildman–Crippen MR) is 158 cm³/mol. The SMILES string of the molecule is Nc1nc(SC2=C(C(=O)OC(c3ccccc3)c3ccccc3)N3C(=O)C(NC(=O)C4CC4)[C@H]3SC2)nc2[nH]ncc12. The number of aromatic nitrogens is 4. The minimum Gasteiger partial charge on any atom is -0.448 e. The van der Waals surface area contributed by atoms with Gasteiger partial charge < -0.3 is 15.8 Å². The second kappa shape index (κ2) is 10.8. The molecule has 0 radical (unpaired) electrons. The summed E-state index contributed by atoms with van der Waals surface area (Å²) >= 11 is 2.62. The molecule has 2 aromatic heterocycles. The Labute approximate surface area is 248 Å². The van der Waals surface area contributed by atoms with Gasteiger partial charge in [0.15, 0.2) is 16.9 Å². The third-order valence-corrected chi connectivity index (χ3v) is 9.75. The second-order valence-electron chi connectivity index (χ2n) is 10.2. The van der Waals surface area contributed by atoms with Gasteiger partial charge in [-0.05, 0) is 24.0 Å². The monoisotopic (exact) mass is 599 g/mol. The number of carbonyl (C=O) groups excluding carboxylic acids is 3. The molecular formula is C29H25N7O4S2. The van der Waals surface area contributed by atoms with E-state index in [-0.39, 0.29) is 29.2 Å². The number of benzene rings is 2. The first-order valence-electron chi connectivity index (χ1n) is 13.4. The van der Waals surface area contributed by atoms with Crippen molar-refractivity contribution < 1.29 is 19.1 Å². The van der Waals surface area contributed by atoms with E-state index in [1.807, 2.05) is 60.7 Å². The number of amides is 2. The number of aromatic amines is 1. The maximum absolute atomic E-state index is 14.1. The smallest absolute Gasteiger partial charge is 0.356 e. The molecule has 1 saturated heterocycles. The Kier molecular flexibility index (Phi) is 6.82. The van der Waals surface area contributed by atoms with Crippen molar-refractivity contribution in [3.8, 4) is 0 Å². The number of nitrogen functional groups attached to an aromatic ring is 1. The van der Waals surface area contributed by atoms with Gasteiger partial charge in [-0.25, -0.2) is 14.8 Å². The number of nitrogens with one attached hydrogen (secondary N) is 2. The van der Waals surface area contributed by atoms with Gasteiger partial charge >= 0.3 is 5.97 Å². The summed E-state index contributed by atoms with van der Waals surface area (Å²) < 4.78 is 6.19. The van der Waals surface area contributed by atoms with Crippen LogP contribution in [0.15, 0.2) is 82.6 Å². The lowest BCUT2D eigenvalue weighted by atomic mass is 10.0. The van der Waals surface area contributed by atoms with Crippen LogP contribution in [0.1, 0.15) is 30.1 Å². The first-order valence-corrected chi connectivity index (χ1v) is 15.3. The molecule has 3 aliphatic rings. The van der Waals surface area contributed by atoms with Crippen molar-refractivity contribution in [1.29, 1.82) is 0 Å². The van der Waals surface area contributed by atoms with E-state index < -0.39 is 23.5 Å². The number of hydrogen-bond donors (Lipinski definition) is 3. The lowest BCUT2D eigenvalue weighted by molar-refractivity contribution is -0.154. The molecular weight excluding hydrogens is 574 g/mol. The topological polar surface area (TPSA) is 156 Å². The largest absolute Gasteiger partial charge is 0.448 e. The van der Waals surface area contributed by atoms with Crippen molar-refractivity contribution >= 4 is 58.2 Å². The van der Waals surface area contributed by atoms with E-state index in [2.05, 4.69) is 25.5 Å². The number of esters is 1. The average Bonchev–Trinajstić information content (AvgIpc) is 3.76. The van der Waals surface area contributed by atoms with E-state index in [1.165, 1.54) is 16.7 Å². The van der Waals surface area contributed by atoms with Crippen LogP contribution in [0.3, 0.4) is 0 Å². The zero-order valence-corrected chi connectivity index (χ0v) is 23.7. The molecule has 42 heavy (non-hydrogen) atoms. The number of carbonyl (C=O) groups is 3. The highest BCUT2D eigenvalue weighted by Crippen LogP contribution is 2.46. The van der Waals surface area contributed by atoms with Crippen LogP contribution >= 0.6 is 23.5 Å². The van der Waals surface area contributed by atoms with Crippen molar-refractivity contribution in [2.75, 3.05) is 11.5 Å². The van der Waals surface area contributed by atoms with Gasteiger partial charge in [0.05, 0.1) is 11.6 Å². The predicted octanol–water partition coefficient (Wildman–Crippen LogP) is 3.38. The molecule has 4 N–H and O–H groups in total. The normalized spacial score (nSPS) is 19.9. The first-order chi connectivity index (χ1) is 20.5. The van der Waals surface area contributed by atoms with Crippen LogP contribution in [0.25, 0.3) is 11.0 Å². The highest BCUT2D eigenvalue weighted by molar-refractivity contribution is 8.06. The Hall–Kier alpha value is -4.36. The van der Waals surface area contributed by atoms with Crippen LogP contribution in [0.5, 0.6) is 0 Å². The fourth-order valence-electron chi connectivity index (χ4n) is 5.01. The van der Waals surface area contributed by atoms with Crippen molar-refractivity contribution in [2.24, 2.45) is 5.92 Å². The number of nitrogens with two attached hydrogens (primary N) is 1. The highest BCUT2D eigenvalue weighted by atomic mass is 32.2. The van der Waals surface area contributed by atoms with Gasteiger partial charge in [-0.3, -0.25) is 19.6 Å². The maximum atomic E-state index is 14.1. The number of rotatable bonds is 8. The molecule has 11 nitrogen and oxygen atoms in total. The number of H-pyrrole nitrogens is 1. The zero-order valence-electron chi connectivity index (χ0n) is 22.1. The van der Waals surface area contributed by atoms with Crippen molar-refractivity contribution in [1.82, 2.24) is 30.4 Å². The highest BCUT2D eigenvalue weighted by Gasteiger charge is 2.55. The van der Waals surface area contributed by atoms with Gasteiger partial charge in [-0.2, -0.15) is 5.10 Å². The van der Waals surface area contributed by atoms with Gasteiger partial charge in [0.25, 0.3) is 5.91 Å². The molecule has 0 spiro atoms. The number of anilines is 1. The standard InChI is InChI=1S/C29H25N7O4S2/c30-23-18-13-31-35-24(18)34-29(33-23)42-19-14-41-27-20(32-25(37)17-11-12-17)26(38)36(27)21(19)28(39)40-22(15-7-3-1-4-8-15)16-9-5-2-6-10-16/h1-10,13,17,20,22,27H,11-12,14H2,(H,32,37)(H3,30,31,33,34,35)/t20?,27-/m1/s1. The second-order valence-corrected chi connectivity index (χ2v) is 12.3. The minimum atomic E-state index is -0.707. The Balaban J connectivity index is 1.24. The van der Waals surface area contributed by atoms with Crippen LogP contribution in [0.4, 0.5) is 5.82 Å². The average molecular weight is 600 g/mol. The molecule has 4 heterocycles. The Morgan fingerprint density at radius 2 is 1.76 bits per heavy atom. The summed E-state index contributed by atoms with van der Waals surface area (Å²) in [6, 6.07) is 18.2. The van der Waals surface area contributed by atoms with Crippen LogP contribution < -0.4 is 11.1 Å². The molecule has 2 aliphatic heterocycles. The van der Waals surface area contributed by atoms with Crippen molar-refractivity contribution in [3.05, 3.63) is 88.6 Å². The lowest BCUT2D eigenvalue weighted by Crippen LogP contribution is -2.70. The fourth-order valence-corrected chi connectivity index (χ4v) is 7.43. The van der Waals surface area contributed by atoms with E-state index in [0.29, 0.717) is 26.8 Å². The van der Waals surface area contributed by atoms with Gasteiger partial charge in [0.2, 0.25) is 5.91 Å². The maximum Gasteiger partial charge on any atom is 0.356 e. The van der Waals surface area contributed by atoms with Crippen molar-refractivity contribution in [3.63, 3.8) is 0 Å². The van der Waals surface area contributed by atoms with E-state index in [9.17, 15) is 14.4 Å². The molecule has 13 heteroatoms. The van der Waals surface area contributed by atoms with Crippen molar-refractivity contribution in [2.45, 2.75) is 35.5 Å². The Morgan fingerprint density at radius 1 is 1.07 bits per heavy atom. The summed E-state index contributed by atoms with van der Waals surface area (Å²) in [6.45, 7) is 0. The molecule has 2 atom stereocenters. The van der Waals surface area contributed by atoms with E-state index >= 15 is 0 Å². The molecule has 2 aromatic carbocycles. The summed E-state index contributed by atoms with van der Waals surface area (Å²) in [5, 5.41) is 10.1. The van der Waals surface area contributed by atoms with E-state index in [4.69, 9.17) is 10.5 Å². The summed E-state index contributed by atoms with van der Waals surface area (Å²) in [5.41, 5.74) is 8.30. The summed E-state index contributed by atoms with van der Waals surface area (Å²) in [5.74, 6) is -0.539.